The first kappa shape index (κ1) is 23.4. The van der Waals surface area contributed by atoms with E-state index in [2.05, 4.69) is 32.2 Å². The average molecular weight is 437 g/mol. The maximum Gasteiger partial charge on any atom is 0.152 e. The first-order valence-electron chi connectivity index (χ1n) is 10.7. The number of ether oxygens (including phenoxy) is 1. The molecular weight excluding hydrogens is 404 g/mol. The SMILES string of the molecule is CN=C(Nc1c(C=O)cc(C2CCN(C)CC2)cc1OC)C(N)=Cc1ncc(C)nc1C. The summed E-state index contributed by atoms with van der Waals surface area (Å²) in [5.74, 6) is 1.41. The molecule has 1 aromatic heterocycles. The number of rotatable bonds is 6. The van der Waals surface area contributed by atoms with Gasteiger partial charge in [-0.05, 0) is 76.5 Å². The van der Waals surface area contributed by atoms with E-state index in [1.54, 1.807) is 26.4 Å². The molecule has 3 rings (SSSR count). The van der Waals surface area contributed by atoms with E-state index in [4.69, 9.17) is 10.5 Å². The molecule has 0 bridgehead atoms. The van der Waals surface area contributed by atoms with Crippen LogP contribution in [0.5, 0.6) is 5.75 Å². The fraction of sp³-hybridized carbons (Fsp3) is 0.417. The molecule has 0 saturated carbocycles. The van der Waals surface area contributed by atoms with E-state index < -0.39 is 0 Å². The van der Waals surface area contributed by atoms with Gasteiger partial charge < -0.3 is 20.7 Å². The summed E-state index contributed by atoms with van der Waals surface area (Å²) in [6, 6.07) is 3.95. The van der Waals surface area contributed by atoms with Gasteiger partial charge in [-0.3, -0.25) is 19.8 Å². The second kappa shape index (κ2) is 10.4. The van der Waals surface area contributed by atoms with Gasteiger partial charge >= 0.3 is 0 Å². The lowest BCUT2D eigenvalue weighted by atomic mass is 9.88. The smallest absolute Gasteiger partial charge is 0.152 e. The zero-order valence-electron chi connectivity index (χ0n) is 19.5. The molecule has 170 valence electrons. The number of aryl methyl sites for hydroxylation is 2. The Bertz CT molecular complexity index is 1040. The van der Waals surface area contributed by atoms with Crippen LogP contribution in [-0.2, 0) is 0 Å². The van der Waals surface area contributed by atoms with Crippen LogP contribution in [0.4, 0.5) is 5.69 Å². The minimum absolute atomic E-state index is 0.382. The van der Waals surface area contributed by atoms with E-state index in [1.165, 1.54) is 0 Å². The molecule has 1 aliphatic heterocycles. The van der Waals surface area contributed by atoms with Crippen LogP contribution in [0.25, 0.3) is 6.08 Å². The maximum atomic E-state index is 12.0. The van der Waals surface area contributed by atoms with E-state index >= 15 is 0 Å². The number of hydrogen-bond donors (Lipinski definition) is 2. The molecule has 2 aromatic rings. The molecule has 1 aliphatic rings. The van der Waals surface area contributed by atoms with Crippen LogP contribution in [-0.4, -0.2) is 61.3 Å². The molecule has 3 N–H and O–H groups in total. The van der Waals surface area contributed by atoms with Crippen molar-refractivity contribution in [3.05, 3.63) is 52.2 Å². The lowest BCUT2D eigenvalue weighted by Crippen LogP contribution is -2.29. The Labute approximate surface area is 189 Å². The Morgan fingerprint density at radius 2 is 2.03 bits per heavy atom. The predicted octanol–water partition coefficient (Wildman–Crippen LogP) is 3.16. The number of nitrogens with two attached hydrogens (primary N) is 1. The van der Waals surface area contributed by atoms with Crippen molar-refractivity contribution in [1.82, 2.24) is 14.9 Å². The number of benzene rings is 1. The van der Waals surface area contributed by atoms with E-state index in [-0.39, 0.29) is 0 Å². The zero-order valence-corrected chi connectivity index (χ0v) is 19.5. The van der Waals surface area contributed by atoms with Gasteiger partial charge in [0.15, 0.2) is 6.29 Å². The fourth-order valence-corrected chi connectivity index (χ4v) is 3.96. The van der Waals surface area contributed by atoms with Crippen molar-refractivity contribution < 1.29 is 9.53 Å². The van der Waals surface area contributed by atoms with Crippen molar-refractivity contribution in [2.45, 2.75) is 32.6 Å². The molecule has 0 unspecified atom stereocenters. The Kier molecular flexibility index (Phi) is 7.58. The van der Waals surface area contributed by atoms with Crippen molar-refractivity contribution in [2.24, 2.45) is 10.7 Å². The molecule has 8 nitrogen and oxygen atoms in total. The van der Waals surface area contributed by atoms with Crippen molar-refractivity contribution in [1.29, 1.82) is 0 Å². The van der Waals surface area contributed by atoms with Crippen LogP contribution in [0.2, 0.25) is 0 Å². The highest BCUT2D eigenvalue weighted by molar-refractivity contribution is 6.12. The number of methoxy groups -OCH3 is 1. The number of amidine groups is 1. The third kappa shape index (κ3) is 5.31. The van der Waals surface area contributed by atoms with Crippen molar-refractivity contribution in [3.63, 3.8) is 0 Å². The summed E-state index contributed by atoms with van der Waals surface area (Å²) in [7, 11) is 5.37. The van der Waals surface area contributed by atoms with Crippen LogP contribution in [0.3, 0.4) is 0 Å². The second-order valence-corrected chi connectivity index (χ2v) is 8.16. The van der Waals surface area contributed by atoms with Gasteiger partial charge in [-0.25, -0.2) is 0 Å². The first-order chi connectivity index (χ1) is 15.4. The van der Waals surface area contributed by atoms with Gasteiger partial charge in [0.25, 0.3) is 0 Å². The molecule has 0 radical (unpaired) electrons. The van der Waals surface area contributed by atoms with Crippen LogP contribution in [0.15, 0.2) is 29.0 Å². The minimum atomic E-state index is 0.382. The maximum absolute atomic E-state index is 12.0. The average Bonchev–Trinajstić information content (AvgIpc) is 2.79. The summed E-state index contributed by atoms with van der Waals surface area (Å²) < 4.78 is 5.65. The Morgan fingerprint density at radius 3 is 2.62 bits per heavy atom. The van der Waals surface area contributed by atoms with E-state index in [0.29, 0.717) is 40.1 Å². The number of aliphatic imine (C=N–C) groups is 1. The molecule has 2 heterocycles. The van der Waals surface area contributed by atoms with Gasteiger partial charge in [0, 0.05) is 18.8 Å². The van der Waals surface area contributed by atoms with Gasteiger partial charge in [-0.15, -0.1) is 0 Å². The number of anilines is 1. The highest BCUT2D eigenvalue weighted by Gasteiger charge is 2.22. The van der Waals surface area contributed by atoms with Gasteiger partial charge in [0.1, 0.15) is 11.6 Å². The molecule has 1 aromatic carbocycles. The van der Waals surface area contributed by atoms with Gasteiger partial charge in [-0.2, -0.15) is 0 Å². The molecule has 0 atom stereocenters. The number of likely N-dealkylation sites (tertiary alicyclic amines) is 1. The number of nitrogens with one attached hydrogen (secondary N) is 1. The standard InChI is InChI=1S/C24H32N6O2/c1-15-13-27-21(16(2)28-15)12-20(25)24(26-3)29-23-19(14-31)10-18(11-22(23)32-5)17-6-8-30(4)9-7-17/h10-14,17H,6-9,25H2,1-5H3,(H,26,29). The number of nitrogens with zero attached hydrogens (tertiary/aromatic N) is 4. The number of piperidine rings is 1. The van der Waals surface area contributed by atoms with Crippen LogP contribution >= 0.6 is 0 Å². The quantitative estimate of drug-likeness (QED) is 0.407. The van der Waals surface area contributed by atoms with Crippen LogP contribution in [0.1, 0.15) is 51.8 Å². The van der Waals surface area contributed by atoms with E-state index in [0.717, 1.165) is 49.2 Å². The number of carbonyl (C=O) groups excluding carboxylic acids is 1. The molecule has 0 spiro atoms. The molecule has 0 amide bonds. The summed E-state index contributed by atoms with van der Waals surface area (Å²) in [4.78, 5) is 27.4. The number of aldehydes is 1. The van der Waals surface area contributed by atoms with Crippen molar-refractivity contribution >= 4 is 23.9 Å². The van der Waals surface area contributed by atoms with Gasteiger partial charge in [0.2, 0.25) is 0 Å². The number of carbonyl (C=O) groups is 1. The van der Waals surface area contributed by atoms with Crippen LogP contribution in [0, 0.1) is 13.8 Å². The number of hydrogen-bond acceptors (Lipinski definition) is 7. The Hall–Kier alpha value is -3.26. The Balaban J connectivity index is 1.92. The lowest BCUT2D eigenvalue weighted by Gasteiger charge is -2.30. The Morgan fingerprint density at radius 1 is 1.31 bits per heavy atom. The third-order valence-electron chi connectivity index (χ3n) is 5.83. The summed E-state index contributed by atoms with van der Waals surface area (Å²) in [6.45, 7) is 5.85. The van der Waals surface area contributed by atoms with Crippen molar-refractivity contribution in [3.8, 4) is 5.75 Å². The predicted molar refractivity (Wildman–Crippen MR) is 129 cm³/mol. The third-order valence-corrected chi connectivity index (χ3v) is 5.83. The zero-order chi connectivity index (χ0) is 23.3. The van der Waals surface area contributed by atoms with E-state index in [9.17, 15) is 4.79 Å². The highest BCUT2D eigenvalue weighted by atomic mass is 16.5. The molecule has 32 heavy (non-hydrogen) atoms. The van der Waals surface area contributed by atoms with Gasteiger partial charge in [-0.1, -0.05) is 0 Å². The molecule has 0 aliphatic carbocycles. The van der Waals surface area contributed by atoms with E-state index in [1.807, 2.05) is 26.0 Å². The molecule has 1 saturated heterocycles. The second-order valence-electron chi connectivity index (χ2n) is 8.16. The molecule has 1 fully saturated rings. The summed E-state index contributed by atoms with van der Waals surface area (Å²) >= 11 is 0. The summed E-state index contributed by atoms with van der Waals surface area (Å²) in [5, 5.41) is 3.20. The lowest BCUT2D eigenvalue weighted by molar-refractivity contribution is 0.112. The number of aromatic nitrogens is 2. The highest BCUT2D eigenvalue weighted by Crippen LogP contribution is 2.36. The minimum Gasteiger partial charge on any atom is -0.495 e. The molecule has 8 heteroatoms. The summed E-state index contributed by atoms with van der Waals surface area (Å²) in [6.07, 6.45) is 6.36. The van der Waals surface area contributed by atoms with Crippen molar-refractivity contribution in [2.75, 3.05) is 39.6 Å². The largest absolute Gasteiger partial charge is 0.495 e. The normalized spacial score (nSPS) is 16.2. The summed E-state index contributed by atoms with van der Waals surface area (Å²) in [5.41, 5.74) is 11.2. The molecular formula is C24H32N6O2. The topological polar surface area (TPSA) is 106 Å². The van der Waals surface area contributed by atoms with Gasteiger partial charge in [0.05, 0.1) is 35.6 Å². The monoisotopic (exact) mass is 436 g/mol. The first-order valence-corrected chi connectivity index (χ1v) is 10.7. The fourth-order valence-electron chi connectivity index (χ4n) is 3.96. The van der Waals surface area contributed by atoms with Crippen LogP contribution < -0.4 is 15.8 Å².